The summed E-state index contributed by atoms with van der Waals surface area (Å²) in [7, 11) is 0. The number of ether oxygens (including phenoxy) is 1. The Morgan fingerprint density at radius 2 is 2.00 bits per heavy atom. The van der Waals surface area contributed by atoms with Gasteiger partial charge in [-0.1, -0.05) is 49.4 Å². The molecule has 0 aliphatic heterocycles. The van der Waals surface area contributed by atoms with E-state index in [9.17, 15) is 4.79 Å². The van der Waals surface area contributed by atoms with E-state index in [1.54, 1.807) is 0 Å². The van der Waals surface area contributed by atoms with Crippen molar-refractivity contribution in [2.45, 2.75) is 32.6 Å². The third-order valence-corrected chi connectivity index (χ3v) is 2.41. The Labute approximate surface area is 103 Å². The predicted octanol–water partition coefficient (Wildman–Crippen LogP) is 3.52. The molecule has 0 saturated carbocycles. The van der Waals surface area contributed by atoms with Gasteiger partial charge in [0.25, 0.3) is 0 Å². The lowest BCUT2D eigenvalue weighted by atomic mass is 10.1. The third kappa shape index (κ3) is 6.56. The van der Waals surface area contributed by atoms with Crippen LogP contribution in [-0.4, -0.2) is 12.6 Å². The van der Waals surface area contributed by atoms with Crippen LogP contribution >= 0.6 is 0 Å². The van der Waals surface area contributed by atoms with Crippen molar-refractivity contribution in [3.63, 3.8) is 0 Å². The molecular weight excluding hydrogens is 212 g/mol. The molecule has 2 nitrogen and oxygen atoms in total. The zero-order valence-electron chi connectivity index (χ0n) is 10.4. The number of hydrogen-bond donors (Lipinski definition) is 0. The number of carbonyl (C=O) groups is 1. The fourth-order valence-corrected chi connectivity index (χ4v) is 1.49. The van der Waals surface area contributed by atoms with Crippen molar-refractivity contribution < 1.29 is 9.53 Å². The van der Waals surface area contributed by atoms with Crippen LogP contribution in [0.2, 0.25) is 0 Å². The fraction of sp³-hybridized carbons (Fsp3) is 0.400. The van der Waals surface area contributed by atoms with E-state index in [4.69, 9.17) is 4.74 Å². The summed E-state index contributed by atoms with van der Waals surface area (Å²) in [6.45, 7) is 2.58. The minimum absolute atomic E-state index is 0.112. The Morgan fingerprint density at radius 3 is 2.71 bits per heavy atom. The minimum Gasteiger partial charge on any atom is -0.465 e. The fourth-order valence-electron chi connectivity index (χ4n) is 1.49. The van der Waals surface area contributed by atoms with Crippen LogP contribution in [0.4, 0.5) is 0 Å². The van der Waals surface area contributed by atoms with E-state index in [0.717, 1.165) is 19.3 Å². The summed E-state index contributed by atoms with van der Waals surface area (Å²) >= 11 is 0. The highest BCUT2D eigenvalue weighted by Crippen LogP contribution is 2.03. The summed E-state index contributed by atoms with van der Waals surface area (Å²) in [5.41, 5.74) is 1.18. The summed E-state index contributed by atoms with van der Waals surface area (Å²) in [6, 6.07) is 9.99. The molecule has 0 N–H and O–H groups in total. The van der Waals surface area contributed by atoms with Gasteiger partial charge in [-0.15, -0.1) is 0 Å². The monoisotopic (exact) mass is 232 g/mol. The summed E-state index contributed by atoms with van der Waals surface area (Å²) in [6.07, 6.45) is 7.18. The molecule has 0 unspecified atom stereocenters. The van der Waals surface area contributed by atoms with Crippen molar-refractivity contribution in [3.05, 3.63) is 48.0 Å². The zero-order chi connectivity index (χ0) is 12.3. The number of allylic oxidation sites excluding steroid dienone is 1. The second-order valence-corrected chi connectivity index (χ2v) is 3.87. The highest BCUT2D eigenvalue weighted by atomic mass is 16.5. The van der Waals surface area contributed by atoms with Gasteiger partial charge in [0.05, 0.1) is 6.61 Å². The number of rotatable bonds is 7. The SMILES string of the molecule is CC/C=C/CCOC(=O)CCc1ccccc1. The number of esters is 1. The predicted molar refractivity (Wildman–Crippen MR) is 69.8 cm³/mol. The molecule has 1 rings (SSSR count). The average Bonchev–Trinajstić information content (AvgIpc) is 2.37. The van der Waals surface area contributed by atoms with E-state index in [-0.39, 0.29) is 5.97 Å². The van der Waals surface area contributed by atoms with Crippen molar-refractivity contribution in [1.82, 2.24) is 0 Å². The van der Waals surface area contributed by atoms with Gasteiger partial charge in [-0.25, -0.2) is 0 Å². The van der Waals surface area contributed by atoms with Gasteiger partial charge in [0.1, 0.15) is 0 Å². The molecule has 0 atom stereocenters. The standard InChI is InChI=1S/C15H20O2/c1-2-3-4-8-13-17-15(16)12-11-14-9-6-5-7-10-14/h3-7,9-10H,2,8,11-13H2,1H3/b4-3+. The van der Waals surface area contributed by atoms with Gasteiger partial charge >= 0.3 is 5.97 Å². The van der Waals surface area contributed by atoms with Crippen LogP contribution in [0.15, 0.2) is 42.5 Å². The molecule has 0 fully saturated rings. The Morgan fingerprint density at radius 1 is 1.24 bits per heavy atom. The maximum atomic E-state index is 11.4. The van der Waals surface area contributed by atoms with Crippen LogP contribution in [0.1, 0.15) is 31.7 Å². The summed E-state index contributed by atoms with van der Waals surface area (Å²) in [5, 5.41) is 0. The molecule has 1 aromatic carbocycles. The van der Waals surface area contributed by atoms with Crippen LogP contribution in [-0.2, 0) is 16.0 Å². The van der Waals surface area contributed by atoms with Crippen LogP contribution in [0, 0.1) is 0 Å². The Kier molecular flexibility index (Phi) is 6.80. The number of aryl methyl sites for hydroxylation is 1. The number of carbonyl (C=O) groups excluding carboxylic acids is 1. The van der Waals surface area contributed by atoms with Gasteiger partial charge in [-0.3, -0.25) is 4.79 Å². The molecule has 1 aromatic rings. The summed E-state index contributed by atoms with van der Waals surface area (Å²) in [5.74, 6) is -0.112. The number of hydrogen-bond acceptors (Lipinski definition) is 2. The molecule has 0 aliphatic rings. The molecule has 0 amide bonds. The van der Waals surface area contributed by atoms with Crippen LogP contribution in [0.5, 0.6) is 0 Å². The maximum absolute atomic E-state index is 11.4. The van der Waals surface area contributed by atoms with Crippen LogP contribution in [0.25, 0.3) is 0 Å². The van der Waals surface area contributed by atoms with Gasteiger partial charge in [-0.2, -0.15) is 0 Å². The molecule has 0 heterocycles. The average molecular weight is 232 g/mol. The van der Waals surface area contributed by atoms with E-state index in [0.29, 0.717) is 13.0 Å². The van der Waals surface area contributed by atoms with E-state index < -0.39 is 0 Å². The van der Waals surface area contributed by atoms with E-state index in [2.05, 4.69) is 13.0 Å². The highest BCUT2D eigenvalue weighted by Gasteiger charge is 2.02. The molecule has 0 aromatic heterocycles. The second kappa shape index (κ2) is 8.57. The zero-order valence-corrected chi connectivity index (χ0v) is 10.4. The lowest BCUT2D eigenvalue weighted by molar-refractivity contribution is -0.143. The first kappa shape index (κ1) is 13.5. The van der Waals surface area contributed by atoms with Gasteiger partial charge < -0.3 is 4.74 Å². The quantitative estimate of drug-likeness (QED) is 0.408. The molecule has 2 heteroatoms. The summed E-state index contributed by atoms with van der Waals surface area (Å²) in [4.78, 5) is 11.4. The number of benzene rings is 1. The van der Waals surface area contributed by atoms with Crippen molar-refractivity contribution in [3.8, 4) is 0 Å². The first-order valence-corrected chi connectivity index (χ1v) is 6.17. The van der Waals surface area contributed by atoms with E-state index in [1.165, 1.54) is 5.56 Å². The molecule has 0 spiro atoms. The largest absolute Gasteiger partial charge is 0.465 e. The van der Waals surface area contributed by atoms with Crippen LogP contribution < -0.4 is 0 Å². The molecule has 0 saturated heterocycles. The topological polar surface area (TPSA) is 26.3 Å². The van der Waals surface area contributed by atoms with Crippen LogP contribution in [0.3, 0.4) is 0 Å². The molecule has 0 aliphatic carbocycles. The Hall–Kier alpha value is -1.57. The Balaban J connectivity index is 2.11. The molecule has 17 heavy (non-hydrogen) atoms. The lowest BCUT2D eigenvalue weighted by Crippen LogP contribution is -2.06. The third-order valence-electron chi connectivity index (χ3n) is 2.41. The van der Waals surface area contributed by atoms with Crippen molar-refractivity contribution in [2.75, 3.05) is 6.61 Å². The molecule has 0 radical (unpaired) electrons. The first-order valence-electron chi connectivity index (χ1n) is 6.17. The molecule has 92 valence electrons. The van der Waals surface area contributed by atoms with Gasteiger partial charge in [0.15, 0.2) is 0 Å². The smallest absolute Gasteiger partial charge is 0.306 e. The highest BCUT2D eigenvalue weighted by molar-refractivity contribution is 5.69. The maximum Gasteiger partial charge on any atom is 0.306 e. The minimum atomic E-state index is -0.112. The first-order chi connectivity index (χ1) is 8.33. The summed E-state index contributed by atoms with van der Waals surface area (Å²) < 4.78 is 5.12. The van der Waals surface area contributed by atoms with Crippen molar-refractivity contribution in [1.29, 1.82) is 0 Å². The van der Waals surface area contributed by atoms with Crippen molar-refractivity contribution in [2.24, 2.45) is 0 Å². The normalized spacial score (nSPS) is 10.6. The van der Waals surface area contributed by atoms with Gasteiger partial charge in [0.2, 0.25) is 0 Å². The lowest BCUT2D eigenvalue weighted by Gasteiger charge is -2.03. The molecular formula is C15H20O2. The van der Waals surface area contributed by atoms with E-state index in [1.807, 2.05) is 36.4 Å². The Bertz CT molecular complexity index is 341. The van der Waals surface area contributed by atoms with E-state index >= 15 is 0 Å². The second-order valence-electron chi connectivity index (χ2n) is 3.87. The van der Waals surface area contributed by atoms with Crippen molar-refractivity contribution >= 4 is 5.97 Å². The van der Waals surface area contributed by atoms with Gasteiger partial charge in [0, 0.05) is 6.42 Å². The van der Waals surface area contributed by atoms with Gasteiger partial charge in [-0.05, 0) is 24.8 Å². The molecule has 0 bridgehead atoms.